The summed E-state index contributed by atoms with van der Waals surface area (Å²) < 4.78 is 15.2. The van der Waals surface area contributed by atoms with E-state index >= 15 is 0 Å². The van der Waals surface area contributed by atoms with Gasteiger partial charge in [-0.25, -0.2) is 4.39 Å². The van der Waals surface area contributed by atoms with E-state index in [4.69, 9.17) is 11.6 Å². The van der Waals surface area contributed by atoms with Gasteiger partial charge in [0.25, 0.3) is 0 Å². The lowest BCUT2D eigenvalue weighted by Gasteiger charge is -2.06. The van der Waals surface area contributed by atoms with Crippen molar-refractivity contribution in [2.45, 2.75) is 6.54 Å². The minimum absolute atomic E-state index is 0.346. The highest BCUT2D eigenvalue weighted by Gasteiger charge is 2.09. The van der Waals surface area contributed by atoms with Crippen LogP contribution in [0.4, 0.5) is 4.39 Å². The lowest BCUT2D eigenvalue weighted by atomic mass is 10.2. The molecule has 0 saturated heterocycles. The van der Waals surface area contributed by atoms with Crippen LogP contribution in [0.3, 0.4) is 0 Å². The Kier molecular flexibility index (Phi) is 3.28. The molecular formula is C16H11ClFNO. The maximum absolute atomic E-state index is 13.3. The van der Waals surface area contributed by atoms with Crippen LogP contribution in [0.15, 0.2) is 48.7 Å². The molecular weight excluding hydrogens is 277 g/mol. The molecule has 0 amide bonds. The Balaban J connectivity index is 2.10. The Hall–Kier alpha value is -2.13. The molecule has 0 bridgehead atoms. The minimum Gasteiger partial charge on any atom is -0.342 e. The number of aldehydes is 1. The predicted octanol–water partition coefficient (Wildman–Crippen LogP) is 4.29. The Morgan fingerprint density at radius 1 is 1.20 bits per heavy atom. The van der Waals surface area contributed by atoms with Crippen molar-refractivity contribution >= 4 is 28.8 Å². The third-order valence-electron chi connectivity index (χ3n) is 3.24. The van der Waals surface area contributed by atoms with Crippen molar-refractivity contribution in [3.05, 3.63) is 70.6 Å². The zero-order valence-electron chi connectivity index (χ0n) is 10.5. The van der Waals surface area contributed by atoms with Crippen molar-refractivity contribution in [3.8, 4) is 0 Å². The highest BCUT2D eigenvalue weighted by molar-refractivity contribution is 6.30. The van der Waals surface area contributed by atoms with Crippen molar-refractivity contribution in [1.29, 1.82) is 0 Å². The van der Waals surface area contributed by atoms with Crippen molar-refractivity contribution in [1.82, 2.24) is 4.57 Å². The SMILES string of the molecule is O=Cc1cn(Cc2cccc(Cl)c2)c2ccc(F)cc12. The van der Waals surface area contributed by atoms with Gasteiger partial charge >= 0.3 is 0 Å². The van der Waals surface area contributed by atoms with Gasteiger partial charge in [-0.05, 0) is 35.9 Å². The fourth-order valence-electron chi connectivity index (χ4n) is 2.35. The largest absolute Gasteiger partial charge is 0.342 e. The third-order valence-corrected chi connectivity index (χ3v) is 3.48. The number of carbonyl (C=O) groups excluding carboxylic acids is 1. The molecule has 0 aliphatic heterocycles. The second-order valence-electron chi connectivity index (χ2n) is 4.62. The van der Waals surface area contributed by atoms with E-state index in [9.17, 15) is 9.18 Å². The first-order valence-corrected chi connectivity index (χ1v) is 6.53. The molecule has 0 spiro atoms. The summed E-state index contributed by atoms with van der Waals surface area (Å²) in [6.45, 7) is 0.580. The van der Waals surface area contributed by atoms with Gasteiger partial charge in [0.05, 0.1) is 0 Å². The topological polar surface area (TPSA) is 22.0 Å². The molecule has 0 unspecified atom stereocenters. The average Bonchev–Trinajstić information content (AvgIpc) is 2.76. The second-order valence-corrected chi connectivity index (χ2v) is 5.06. The van der Waals surface area contributed by atoms with Crippen LogP contribution >= 0.6 is 11.6 Å². The van der Waals surface area contributed by atoms with Crippen molar-refractivity contribution < 1.29 is 9.18 Å². The van der Waals surface area contributed by atoms with Crippen LogP contribution in [-0.4, -0.2) is 10.9 Å². The van der Waals surface area contributed by atoms with Gasteiger partial charge in [0.2, 0.25) is 0 Å². The van der Waals surface area contributed by atoms with Crippen LogP contribution in [-0.2, 0) is 6.54 Å². The molecule has 0 saturated carbocycles. The molecule has 0 fully saturated rings. The van der Waals surface area contributed by atoms with Gasteiger partial charge in [0.15, 0.2) is 6.29 Å². The summed E-state index contributed by atoms with van der Waals surface area (Å²) in [6, 6.07) is 12.0. The smallest absolute Gasteiger partial charge is 0.152 e. The van der Waals surface area contributed by atoms with Crippen LogP contribution < -0.4 is 0 Å². The highest BCUT2D eigenvalue weighted by Crippen LogP contribution is 2.23. The van der Waals surface area contributed by atoms with Crippen LogP contribution in [0.1, 0.15) is 15.9 Å². The van der Waals surface area contributed by atoms with Crippen LogP contribution in [0, 0.1) is 5.82 Å². The van der Waals surface area contributed by atoms with Gasteiger partial charge in [-0.3, -0.25) is 4.79 Å². The number of benzene rings is 2. The molecule has 1 aromatic heterocycles. The van der Waals surface area contributed by atoms with E-state index in [1.807, 2.05) is 28.8 Å². The Bertz CT molecular complexity index is 794. The highest BCUT2D eigenvalue weighted by atomic mass is 35.5. The van der Waals surface area contributed by atoms with E-state index in [0.29, 0.717) is 22.5 Å². The lowest BCUT2D eigenvalue weighted by Crippen LogP contribution is -1.97. The van der Waals surface area contributed by atoms with Crippen molar-refractivity contribution in [2.24, 2.45) is 0 Å². The monoisotopic (exact) mass is 287 g/mol. The molecule has 3 aromatic rings. The Morgan fingerprint density at radius 2 is 2.05 bits per heavy atom. The van der Waals surface area contributed by atoms with E-state index < -0.39 is 0 Å². The van der Waals surface area contributed by atoms with Crippen molar-refractivity contribution in [2.75, 3.05) is 0 Å². The number of hydrogen-bond donors (Lipinski definition) is 0. The summed E-state index contributed by atoms with van der Waals surface area (Å²) in [5.41, 5.74) is 2.34. The normalized spacial score (nSPS) is 10.9. The van der Waals surface area contributed by atoms with Crippen LogP contribution in [0.5, 0.6) is 0 Å². The first-order valence-electron chi connectivity index (χ1n) is 6.15. The van der Waals surface area contributed by atoms with Gasteiger partial charge < -0.3 is 4.57 Å². The van der Waals surface area contributed by atoms with E-state index in [1.54, 1.807) is 12.3 Å². The minimum atomic E-state index is -0.346. The number of halogens is 2. The summed E-state index contributed by atoms with van der Waals surface area (Å²) in [5.74, 6) is -0.346. The number of nitrogens with zero attached hydrogens (tertiary/aromatic N) is 1. The second kappa shape index (κ2) is 5.10. The average molecular weight is 288 g/mol. The number of hydrogen-bond acceptors (Lipinski definition) is 1. The number of carbonyl (C=O) groups is 1. The molecule has 4 heteroatoms. The standard InChI is InChI=1S/C16H11ClFNO/c17-13-3-1-2-11(6-13)8-19-9-12(10-20)15-7-14(18)4-5-16(15)19/h1-7,9-10H,8H2. The number of aromatic nitrogens is 1. The predicted molar refractivity (Wildman–Crippen MR) is 77.8 cm³/mol. The van der Waals surface area contributed by atoms with E-state index in [2.05, 4.69) is 0 Å². The summed E-state index contributed by atoms with van der Waals surface area (Å²) in [7, 11) is 0. The summed E-state index contributed by atoms with van der Waals surface area (Å²) >= 11 is 5.97. The van der Waals surface area contributed by atoms with Crippen molar-refractivity contribution in [3.63, 3.8) is 0 Å². The Labute approximate surface area is 120 Å². The van der Waals surface area contributed by atoms with Crippen LogP contribution in [0.2, 0.25) is 5.02 Å². The Morgan fingerprint density at radius 3 is 2.80 bits per heavy atom. The van der Waals surface area contributed by atoms with Crippen LogP contribution in [0.25, 0.3) is 10.9 Å². The third kappa shape index (κ3) is 2.32. The molecule has 2 aromatic carbocycles. The number of rotatable bonds is 3. The first-order chi connectivity index (χ1) is 9.67. The van der Waals surface area contributed by atoms with E-state index in [-0.39, 0.29) is 5.82 Å². The van der Waals surface area contributed by atoms with Gasteiger partial charge in [-0.15, -0.1) is 0 Å². The summed E-state index contributed by atoms with van der Waals surface area (Å²) in [5, 5.41) is 1.29. The summed E-state index contributed by atoms with van der Waals surface area (Å²) in [6.07, 6.45) is 2.48. The molecule has 0 aliphatic carbocycles. The molecule has 0 atom stereocenters. The number of fused-ring (bicyclic) bond motifs is 1. The molecule has 20 heavy (non-hydrogen) atoms. The zero-order valence-corrected chi connectivity index (χ0v) is 11.3. The van der Waals surface area contributed by atoms with Gasteiger partial charge in [-0.1, -0.05) is 23.7 Å². The first kappa shape index (κ1) is 12.9. The van der Waals surface area contributed by atoms with E-state index in [1.165, 1.54) is 12.1 Å². The lowest BCUT2D eigenvalue weighted by molar-refractivity contribution is 0.112. The molecule has 2 nitrogen and oxygen atoms in total. The van der Waals surface area contributed by atoms with E-state index in [0.717, 1.165) is 17.4 Å². The van der Waals surface area contributed by atoms with Gasteiger partial charge in [0, 0.05) is 34.2 Å². The maximum Gasteiger partial charge on any atom is 0.152 e. The molecule has 3 rings (SSSR count). The van der Waals surface area contributed by atoms with Gasteiger partial charge in [0.1, 0.15) is 5.82 Å². The molecule has 0 aliphatic rings. The fraction of sp³-hybridized carbons (Fsp3) is 0.0625. The molecule has 100 valence electrons. The maximum atomic E-state index is 13.3. The fourth-order valence-corrected chi connectivity index (χ4v) is 2.57. The quantitative estimate of drug-likeness (QED) is 0.659. The summed E-state index contributed by atoms with van der Waals surface area (Å²) in [4.78, 5) is 11.1. The van der Waals surface area contributed by atoms with Gasteiger partial charge in [-0.2, -0.15) is 0 Å². The molecule has 0 N–H and O–H groups in total. The zero-order chi connectivity index (χ0) is 14.1. The molecule has 0 radical (unpaired) electrons. The molecule has 1 heterocycles.